The van der Waals surface area contributed by atoms with E-state index in [1.807, 2.05) is 49.1 Å². The van der Waals surface area contributed by atoms with Gasteiger partial charge in [0.25, 0.3) is 0 Å². The van der Waals surface area contributed by atoms with Gasteiger partial charge >= 0.3 is 0 Å². The predicted octanol–water partition coefficient (Wildman–Crippen LogP) is 3.03. The number of halogens is 1. The van der Waals surface area contributed by atoms with Gasteiger partial charge in [0.15, 0.2) is 0 Å². The number of nitrogens with zero attached hydrogens (tertiary/aromatic N) is 2. The largest absolute Gasteiger partial charge is 0.487 e. The maximum atomic E-state index is 6.22. The highest BCUT2D eigenvalue weighted by molar-refractivity contribution is 6.32. The van der Waals surface area contributed by atoms with E-state index in [9.17, 15) is 0 Å². The monoisotopic (exact) mass is 293 g/mol. The van der Waals surface area contributed by atoms with Crippen molar-refractivity contribution in [1.82, 2.24) is 9.78 Å². The Bertz CT molecular complexity index is 566. The molecule has 0 fully saturated rings. The molecule has 1 unspecified atom stereocenters. The fourth-order valence-corrected chi connectivity index (χ4v) is 2.23. The quantitative estimate of drug-likeness (QED) is 0.891. The van der Waals surface area contributed by atoms with Gasteiger partial charge in [0.2, 0.25) is 0 Å². The van der Waals surface area contributed by atoms with Crippen LogP contribution in [-0.4, -0.2) is 15.8 Å². The van der Waals surface area contributed by atoms with Gasteiger partial charge in [-0.1, -0.05) is 17.7 Å². The zero-order valence-corrected chi connectivity index (χ0v) is 12.6. The van der Waals surface area contributed by atoms with E-state index in [1.165, 1.54) is 0 Å². The lowest BCUT2D eigenvalue weighted by atomic mass is 10.1. The fraction of sp³-hybridized carbons (Fsp3) is 0.400. The Kier molecular flexibility index (Phi) is 5.04. The summed E-state index contributed by atoms with van der Waals surface area (Å²) in [6, 6.07) is 5.93. The summed E-state index contributed by atoms with van der Waals surface area (Å²) in [5.41, 5.74) is 7.93. The third-order valence-electron chi connectivity index (χ3n) is 2.96. The molecule has 0 aliphatic carbocycles. The van der Waals surface area contributed by atoms with Gasteiger partial charge < -0.3 is 10.5 Å². The summed E-state index contributed by atoms with van der Waals surface area (Å²) in [7, 11) is 0. The van der Waals surface area contributed by atoms with Crippen molar-refractivity contribution in [3.63, 3.8) is 0 Å². The van der Waals surface area contributed by atoms with Crippen LogP contribution in [0.1, 0.15) is 25.0 Å². The van der Waals surface area contributed by atoms with Gasteiger partial charge in [0, 0.05) is 24.3 Å². The molecule has 0 saturated carbocycles. The van der Waals surface area contributed by atoms with Crippen molar-refractivity contribution in [2.24, 2.45) is 5.73 Å². The zero-order valence-electron chi connectivity index (χ0n) is 11.8. The third kappa shape index (κ3) is 3.99. The van der Waals surface area contributed by atoms with E-state index in [4.69, 9.17) is 22.1 Å². The number of hydrogen-bond donors (Lipinski definition) is 1. The standard InChI is InChI=1S/C15H20ClN3O/c1-3-19-9-13(8-18-19)10-20-15-5-4-12(6-11(2)17)7-14(15)16/h4-5,7-9,11H,3,6,10,17H2,1-2H3. The van der Waals surface area contributed by atoms with E-state index in [-0.39, 0.29) is 6.04 Å². The van der Waals surface area contributed by atoms with Crippen LogP contribution in [0.3, 0.4) is 0 Å². The van der Waals surface area contributed by atoms with Crippen LogP contribution >= 0.6 is 11.6 Å². The number of aryl methyl sites for hydroxylation is 1. The Balaban J connectivity index is 1.99. The van der Waals surface area contributed by atoms with Crippen molar-refractivity contribution >= 4 is 11.6 Å². The van der Waals surface area contributed by atoms with Crippen molar-refractivity contribution < 1.29 is 4.74 Å². The average molecular weight is 294 g/mol. The third-order valence-corrected chi connectivity index (χ3v) is 3.25. The molecule has 20 heavy (non-hydrogen) atoms. The van der Waals surface area contributed by atoms with E-state index in [1.54, 1.807) is 0 Å². The minimum absolute atomic E-state index is 0.123. The van der Waals surface area contributed by atoms with Gasteiger partial charge in [-0.25, -0.2) is 0 Å². The van der Waals surface area contributed by atoms with Crippen molar-refractivity contribution in [2.45, 2.75) is 39.5 Å². The molecule has 2 N–H and O–H groups in total. The van der Waals surface area contributed by atoms with Crippen LogP contribution in [0.15, 0.2) is 30.6 Å². The molecule has 0 aliphatic rings. The molecule has 2 rings (SSSR count). The molecule has 2 aromatic rings. The molecule has 0 amide bonds. The van der Waals surface area contributed by atoms with Crippen LogP contribution < -0.4 is 10.5 Å². The van der Waals surface area contributed by atoms with Crippen LogP contribution in [0, 0.1) is 0 Å². The molecule has 4 nitrogen and oxygen atoms in total. The Morgan fingerprint density at radius 1 is 1.40 bits per heavy atom. The summed E-state index contributed by atoms with van der Waals surface area (Å²) in [5, 5.41) is 4.82. The lowest BCUT2D eigenvalue weighted by Crippen LogP contribution is -2.17. The lowest BCUT2D eigenvalue weighted by Gasteiger charge is -2.10. The molecular weight excluding hydrogens is 274 g/mol. The maximum absolute atomic E-state index is 6.22. The van der Waals surface area contributed by atoms with Crippen molar-refractivity contribution in [3.05, 3.63) is 46.7 Å². The first-order valence-corrected chi connectivity index (χ1v) is 7.14. The normalized spacial score (nSPS) is 12.4. The minimum Gasteiger partial charge on any atom is -0.487 e. The SMILES string of the molecule is CCn1cc(COc2ccc(CC(C)N)cc2Cl)cn1. The molecule has 0 saturated heterocycles. The first kappa shape index (κ1) is 14.9. The van der Waals surface area contributed by atoms with Crippen molar-refractivity contribution in [3.8, 4) is 5.75 Å². The molecule has 0 radical (unpaired) electrons. The second-order valence-corrected chi connectivity index (χ2v) is 5.35. The zero-order chi connectivity index (χ0) is 14.5. The van der Waals surface area contributed by atoms with E-state index < -0.39 is 0 Å². The van der Waals surface area contributed by atoms with Crippen LogP contribution in [-0.2, 0) is 19.6 Å². The van der Waals surface area contributed by atoms with Crippen LogP contribution in [0.4, 0.5) is 0 Å². The van der Waals surface area contributed by atoms with Gasteiger partial charge in [-0.3, -0.25) is 4.68 Å². The molecule has 0 spiro atoms. The first-order chi connectivity index (χ1) is 9.58. The topological polar surface area (TPSA) is 53.1 Å². The summed E-state index contributed by atoms with van der Waals surface area (Å²) in [6.45, 7) is 5.34. The number of ether oxygens (including phenoxy) is 1. The maximum Gasteiger partial charge on any atom is 0.138 e. The van der Waals surface area contributed by atoms with Gasteiger partial charge in [-0.2, -0.15) is 5.10 Å². The minimum atomic E-state index is 0.123. The fourth-order valence-electron chi connectivity index (χ4n) is 1.98. The molecule has 1 heterocycles. The van der Waals surface area contributed by atoms with E-state index in [2.05, 4.69) is 5.10 Å². The molecule has 5 heteroatoms. The molecular formula is C15H20ClN3O. The van der Waals surface area contributed by atoms with Gasteiger partial charge in [0.05, 0.1) is 11.2 Å². The molecule has 0 aliphatic heterocycles. The molecule has 1 atom stereocenters. The summed E-state index contributed by atoms with van der Waals surface area (Å²) in [6.07, 6.45) is 4.59. The summed E-state index contributed by atoms with van der Waals surface area (Å²) >= 11 is 6.22. The number of nitrogens with two attached hydrogens (primary N) is 1. The Morgan fingerprint density at radius 2 is 2.20 bits per heavy atom. The molecule has 108 valence electrons. The highest BCUT2D eigenvalue weighted by Crippen LogP contribution is 2.26. The van der Waals surface area contributed by atoms with Gasteiger partial charge in [0.1, 0.15) is 12.4 Å². The Morgan fingerprint density at radius 3 is 2.80 bits per heavy atom. The smallest absolute Gasteiger partial charge is 0.138 e. The van der Waals surface area contributed by atoms with Crippen LogP contribution in [0.2, 0.25) is 5.02 Å². The molecule has 1 aromatic heterocycles. The van der Waals surface area contributed by atoms with Crippen LogP contribution in [0.5, 0.6) is 5.75 Å². The highest BCUT2D eigenvalue weighted by Gasteiger charge is 2.06. The lowest BCUT2D eigenvalue weighted by molar-refractivity contribution is 0.306. The average Bonchev–Trinajstić information content (AvgIpc) is 2.85. The van der Waals surface area contributed by atoms with Crippen molar-refractivity contribution in [1.29, 1.82) is 0 Å². The second kappa shape index (κ2) is 6.77. The van der Waals surface area contributed by atoms with Crippen LogP contribution in [0.25, 0.3) is 0 Å². The Hall–Kier alpha value is -1.52. The number of rotatable bonds is 6. The van der Waals surface area contributed by atoms with Gasteiger partial charge in [-0.05, 0) is 38.0 Å². The summed E-state index contributed by atoms with van der Waals surface area (Å²) in [5.74, 6) is 0.685. The number of hydrogen-bond acceptors (Lipinski definition) is 3. The first-order valence-electron chi connectivity index (χ1n) is 6.76. The van der Waals surface area contributed by atoms with Gasteiger partial charge in [-0.15, -0.1) is 0 Å². The number of aromatic nitrogens is 2. The van der Waals surface area contributed by atoms with E-state index in [0.29, 0.717) is 17.4 Å². The predicted molar refractivity (Wildman–Crippen MR) is 81.0 cm³/mol. The summed E-state index contributed by atoms with van der Waals surface area (Å²) in [4.78, 5) is 0. The molecule has 0 bridgehead atoms. The molecule has 1 aromatic carbocycles. The summed E-state index contributed by atoms with van der Waals surface area (Å²) < 4.78 is 7.59. The van der Waals surface area contributed by atoms with Crippen molar-refractivity contribution in [2.75, 3.05) is 0 Å². The number of benzene rings is 1. The highest BCUT2D eigenvalue weighted by atomic mass is 35.5. The van der Waals surface area contributed by atoms with E-state index in [0.717, 1.165) is 24.1 Å². The Labute approximate surface area is 124 Å². The second-order valence-electron chi connectivity index (χ2n) is 4.94. The van der Waals surface area contributed by atoms with E-state index >= 15 is 0 Å².